The molecular formula is C27H30O2. The molecule has 3 aromatic rings. The molecule has 2 unspecified atom stereocenters. The fourth-order valence-corrected chi connectivity index (χ4v) is 4.51. The van der Waals surface area contributed by atoms with Crippen molar-refractivity contribution in [2.45, 2.75) is 45.8 Å². The molecule has 0 N–H and O–H groups in total. The third kappa shape index (κ3) is 4.38. The van der Waals surface area contributed by atoms with Crippen LogP contribution in [-0.4, -0.2) is 12.7 Å². The number of ether oxygens (including phenoxy) is 2. The predicted octanol–water partition coefficient (Wildman–Crippen LogP) is 6.63. The van der Waals surface area contributed by atoms with E-state index < -0.39 is 0 Å². The van der Waals surface area contributed by atoms with Crippen molar-refractivity contribution in [2.75, 3.05) is 6.61 Å². The van der Waals surface area contributed by atoms with Crippen LogP contribution in [0, 0.1) is 5.92 Å². The molecule has 0 heterocycles. The SMILES string of the molecule is CCOc1ccc2c(c1)CC(OCc1cccc(-c3ccccc3)c1)C2C(C)C. The second kappa shape index (κ2) is 8.84. The van der Waals surface area contributed by atoms with Gasteiger partial charge >= 0.3 is 0 Å². The predicted molar refractivity (Wildman–Crippen MR) is 119 cm³/mol. The monoisotopic (exact) mass is 386 g/mol. The summed E-state index contributed by atoms with van der Waals surface area (Å²) in [6.07, 6.45) is 1.17. The van der Waals surface area contributed by atoms with E-state index in [1.54, 1.807) is 0 Å². The van der Waals surface area contributed by atoms with Crippen LogP contribution >= 0.6 is 0 Å². The molecule has 3 aromatic carbocycles. The minimum Gasteiger partial charge on any atom is -0.494 e. The van der Waals surface area contributed by atoms with Gasteiger partial charge in [0.2, 0.25) is 0 Å². The molecular weight excluding hydrogens is 356 g/mol. The summed E-state index contributed by atoms with van der Waals surface area (Å²) in [5.74, 6) is 1.93. The highest BCUT2D eigenvalue weighted by Crippen LogP contribution is 2.41. The first-order valence-electron chi connectivity index (χ1n) is 10.7. The van der Waals surface area contributed by atoms with Gasteiger partial charge in [-0.2, -0.15) is 0 Å². The summed E-state index contributed by atoms with van der Waals surface area (Å²) in [7, 11) is 0. The van der Waals surface area contributed by atoms with Gasteiger partial charge in [0.1, 0.15) is 5.75 Å². The van der Waals surface area contributed by atoms with Crippen molar-refractivity contribution < 1.29 is 9.47 Å². The third-order valence-corrected chi connectivity index (χ3v) is 5.82. The molecule has 2 atom stereocenters. The standard InChI is InChI=1S/C27H30O2/c1-4-28-24-13-14-25-23(16-24)17-26(27(25)19(2)3)29-18-20-9-8-12-22(15-20)21-10-6-5-7-11-21/h5-16,19,26-27H,4,17-18H2,1-3H3. The Hall–Kier alpha value is -2.58. The molecule has 0 fully saturated rings. The summed E-state index contributed by atoms with van der Waals surface area (Å²) < 4.78 is 12.2. The van der Waals surface area contributed by atoms with E-state index in [4.69, 9.17) is 9.47 Å². The zero-order valence-electron chi connectivity index (χ0n) is 17.6. The van der Waals surface area contributed by atoms with Gasteiger partial charge in [0, 0.05) is 5.92 Å². The van der Waals surface area contributed by atoms with Gasteiger partial charge in [-0.05, 0) is 65.3 Å². The van der Waals surface area contributed by atoms with Crippen LogP contribution in [0.25, 0.3) is 11.1 Å². The van der Waals surface area contributed by atoms with Crippen molar-refractivity contribution in [3.63, 3.8) is 0 Å². The van der Waals surface area contributed by atoms with Crippen molar-refractivity contribution in [3.05, 3.63) is 89.5 Å². The van der Waals surface area contributed by atoms with Crippen LogP contribution in [0.2, 0.25) is 0 Å². The topological polar surface area (TPSA) is 18.5 Å². The highest BCUT2D eigenvalue weighted by Gasteiger charge is 2.35. The van der Waals surface area contributed by atoms with Crippen molar-refractivity contribution >= 4 is 0 Å². The van der Waals surface area contributed by atoms with Gasteiger partial charge < -0.3 is 9.47 Å². The van der Waals surface area contributed by atoms with E-state index in [9.17, 15) is 0 Å². The molecule has 0 saturated carbocycles. The Morgan fingerprint density at radius 1 is 0.897 bits per heavy atom. The Bertz CT molecular complexity index is 946. The summed E-state index contributed by atoms with van der Waals surface area (Å²) in [5.41, 5.74) is 6.50. The second-order valence-electron chi connectivity index (χ2n) is 8.18. The first-order valence-corrected chi connectivity index (χ1v) is 10.7. The molecule has 4 rings (SSSR count). The molecule has 29 heavy (non-hydrogen) atoms. The van der Waals surface area contributed by atoms with Gasteiger partial charge in [-0.3, -0.25) is 0 Å². The van der Waals surface area contributed by atoms with Crippen molar-refractivity contribution in [1.29, 1.82) is 0 Å². The fraction of sp³-hybridized carbons (Fsp3) is 0.333. The lowest BCUT2D eigenvalue weighted by atomic mass is 9.88. The number of hydrogen-bond donors (Lipinski definition) is 0. The Balaban J connectivity index is 1.49. The maximum atomic E-state index is 6.50. The first kappa shape index (κ1) is 19.7. The summed E-state index contributed by atoms with van der Waals surface area (Å²) >= 11 is 0. The first-order chi connectivity index (χ1) is 14.2. The van der Waals surface area contributed by atoms with E-state index in [-0.39, 0.29) is 6.10 Å². The van der Waals surface area contributed by atoms with E-state index >= 15 is 0 Å². The Morgan fingerprint density at radius 3 is 2.45 bits per heavy atom. The van der Waals surface area contributed by atoms with Crippen LogP contribution in [0.4, 0.5) is 0 Å². The van der Waals surface area contributed by atoms with E-state index in [0.29, 0.717) is 25.0 Å². The highest BCUT2D eigenvalue weighted by molar-refractivity contribution is 5.63. The van der Waals surface area contributed by atoms with Crippen LogP contribution in [0.3, 0.4) is 0 Å². The lowest BCUT2D eigenvalue weighted by Gasteiger charge is -2.24. The van der Waals surface area contributed by atoms with Gasteiger partial charge in [-0.1, -0.05) is 68.4 Å². The molecule has 2 nitrogen and oxygen atoms in total. The van der Waals surface area contributed by atoms with Crippen molar-refractivity contribution in [1.82, 2.24) is 0 Å². The van der Waals surface area contributed by atoms with Crippen molar-refractivity contribution in [3.8, 4) is 16.9 Å². The maximum absolute atomic E-state index is 6.50. The minimum absolute atomic E-state index is 0.210. The number of fused-ring (bicyclic) bond motifs is 1. The zero-order chi connectivity index (χ0) is 20.2. The smallest absolute Gasteiger partial charge is 0.119 e. The fourth-order valence-electron chi connectivity index (χ4n) is 4.51. The largest absolute Gasteiger partial charge is 0.494 e. The van der Waals surface area contributed by atoms with Crippen LogP contribution in [0.15, 0.2) is 72.8 Å². The lowest BCUT2D eigenvalue weighted by molar-refractivity contribution is 0.0205. The van der Waals surface area contributed by atoms with Gasteiger partial charge in [0.05, 0.1) is 19.3 Å². The van der Waals surface area contributed by atoms with Crippen LogP contribution < -0.4 is 4.74 Å². The molecule has 0 aliphatic heterocycles. The number of benzene rings is 3. The van der Waals surface area contributed by atoms with E-state index in [1.807, 2.05) is 6.92 Å². The number of rotatable bonds is 7. The average Bonchev–Trinajstić information content (AvgIpc) is 3.11. The van der Waals surface area contributed by atoms with Gasteiger partial charge in [0.15, 0.2) is 0 Å². The Kier molecular flexibility index (Phi) is 6.01. The normalized spacial score (nSPS) is 18.1. The summed E-state index contributed by atoms with van der Waals surface area (Å²) in [4.78, 5) is 0. The molecule has 150 valence electrons. The Morgan fingerprint density at radius 2 is 1.69 bits per heavy atom. The minimum atomic E-state index is 0.210. The van der Waals surface area contributed by atoms with Gasteiger partial charge in [-0.25, -0.2) is 0 Å². The highest BCUT2D eigenvalue weighted by atomic mass is 16.5. The quantitative estimate of drug-likeness (QED) is 0.453. The molecule has 1 aliphatic carbocycles. The summed E-state index contributed by atoms with van der Waals surface area (Å²) in [5, 5.41) is 0. The molecule has 0 bridgehead atoms. The lowest BCUT2D eigenvalue weighted by Crippen LogP contribution is -2.22. The molecule has 0 spiro atoms. The molecule has 0 amide bonds. The Labute approximate surface area is 174 Å². The molecule has 0 radical (unpaired) electrons. The second-order valence-corrected chi connectivity index (χ2v) is 8.18. The average molecular weight is 387 g/mol. The molecule has 0 aromatic heterocycles. The van der Waals surface area contributed by atoms with E-state index in [0.717, 1.165) is 12.2 Å². The molecule has 0 saturated heterocycles. The summed E-state index contributed by atoms with van der Waals surface area (Å²) in [6.45, 7) is 7.95. The van der Waals surface area contributed by atoms with Gasteiger partial charge in [0.25, 0.3) is 0 Å². The van der Waals surface area contributed by atoms with E-state index in [1.165, 1.54) is 27.8 Å². The zero-order valence-corrected chi connectivity index (χ0v) is 17.6. The van der Waals surface area contributed by atoms with Gasteiger partial charge in [-0.15, -0.1) is 0 Å². The summed E-state index contributed by atoms with van der Waals surface area (Å²) in [6, 6.07) is 25.8. The molecule has 1 aliphatic rings. The van der Waals surface area contributed by atoms with Crippen LogP contribution in [-0.2, 0) is 17.8 Å². The van der Waals surface area contributed by atoms with Crippen molar-refractivity contribution in [2.24, 2.45) is 5.92 Å². The number of hydrogen-bond acceptors (Lipinski definition) is 2. The van der Waals surface area contributed by atoms with Crippen LogP contribution in [0.5, 0.6) is 5.75 Å². The van der Waals surface area contributed by atoms with Crippen LogP contribution in [0.1, 0.15) is 43.4 Å². The maximum Gasteiger partial charge on any atom is 0.119 e. The van der Waals surface area contributed by atoms with E-state index in [2.05, 4.69) is 86.6 Å². The molecule has 2 heteroatoms. The third-order valence-electron chi connectivity index (χ3n) is 5.82.